The van der Waals surface area contributed by atoms with Crippen LogP contribution in [0.15, 0.2) is 60.7 Å². The Morgan fingerprint density at radius 1 is 0.829 bits per heavy atom. The van der Waals surface area contributed by atoms with Gasteiger partial charge >= 0.3 is 5.97 Å². The average molecular weight is 477 g/mol. The molecule has 1 N–H and O–H groups in total. The highest BCUT2D eigenvalue weighted by Gasteiger charge is 2.10. The summed E-state index contributed by atoms with van der Waals surface area (Å²) in [5.41, 5.74) is 6.77. The van der Waals surface area contributed by atoms with Crippen molar-refractivity contribution in [2.75, 3.05) is 19.8 Å². The second kappa shape index (κ2) is 13.5. The third-order valence-corrected chi connectivity index (χ3v) is 5.82. The zero-order valence-corrected chi connectivity index (χ0v) is 21.0. The predicted molar refractivity (Wildman–Crippen MR) is 139 cm³/mol. The molecule has 0 aliphatic heterocycles. The molecular weight excluding hydrogens is 440 g/mol. The molecule has 0 aliphatic rings. The molecule has 0 saturated heterocycles. The fourth-order valence-electron chi connectivity index (χ4n) is 4.02. The molecule has 0 bridgehead atoms. The number of aliphatic carboxylic acids is 1. The topological polar surface area (TPSA) is 65.0 Å². The van der Waals surface area contributed by atoms with Gasteiger partial charge in [0.25, 0.3) is 0 Å². The van der Waals surface area contributed by atoms with Crippen molar-refractivity contribution >= 4 is 5.97 Å². The van der Waals surface area contributed by atoms with E-state index in [9.17, 15) is 4.79 Å². The summed E-state index contributed by atoms with van der Waals surface area (Å²) in [6.45, 7) is 8.78. The molecule has 0 spiro atoms. The third kappa shape index (κ3) is 8.45. The van der Waals surface area contributed by atoms with Gasteiger partial charge in [-0.1, -0.05) is 43.7 Å². The van der Waals surface area contributed by atoms with Gasteiger partial charge in [0, 0.05) is 13.0 Å². The monoisotopic (exact) mass is 476 g/mol. The summed E-state index contributed by atoms with van der Waals surface area (Å²) in [7, 11) is 0. The van der Waals surface area contributed by atoms with Gasteiger partial charge in [0.1, 0.15) is 24.7 Å². The van der Waals surface area contributed by atoms with Crippen molar-refractivity contribution in [2.45, 2.75) is 53.1 Å². The first-order valence-corrected chi connectivity index (χ1v) is 12.3. The Labute approximate surface area is 208 Å². The van der Waals surface area contributed by atoms with Crippen molar-refractivity contribution in [3.05, 3.63) is 82.9 Å². The fraction of sp³-hybridized carbons (Fsp3) is 0.367. The zero-order chi connectivity index (χ0) is 25.0. The molecular formula is C30H36O5. The normalized spacial score (nSPS) is 10.8. The smallest absolute Gasteiger partial charge is 0.303 e. The van der Waals surface area contributed by atoms with Crippen LogP contribution in [0.1, 0.15) is 48.4 Å². The molecule has 0 amide bonds. The molecule has 3 aromatic rings. The Balaban J connectivity index is 1.60. The van der Waals surface area contributed by atoms with E-state index in [-0.39, 0.29) is 6.42 Å². The SMILES string of the molecule is CCCCOCCOc1cc(C)c(-c2cccc(COc3ccc(CCC(=O)O)cc3)c2)c(C)c1. The van der Waals surface area contributed by atoms with Gasteiger partial charge in [0.15, 0.2) is 0 Å². The Kier molecular flexibility index (Phi) is 10.2. The van der Waals surface area contributed by atoms with Crippen LogP contribution in [0.5, 0.6) is 11.5 Å². The molecule has 35 heavy (non-hydrogen) atoms. The molecule has 0 atom stereocenters. The lowest BCUT2D eigenvalue weighted by atomic mass is 9.94. The van der Waals surface area contributed by atoms with Crippen molar-refractivity contribution in [3.8, 4) is 22.6 Å². The van der Waals surface area contributed by atoms with Gasteiger partial charge in [-0.15, -0.1) is 0 Å². The van der Waals surface area contributed by atoms with E-state index < -0.39 is 5.97 Å². The van der Waals surface area contributed by atoms with E-state index in [0.717, 1.165) is 47.6 Å². The summed E-state index contributed by atoms with van der Waals surface area (Å²) in [6.07, 6.45) is 2.87. The number of benzene rings is 3. The lowest BCUT2D eigenvalue weighted by Crippen LogP contribution is -2.07. The number of carboxylic acid groups (broad SMARTS) is 1. The third-order valence-electron chi connectivity index (χ3n) is 5.82. The van der Waals surface area contributed by atoms with Gasteiger partial charge in [-0.2, -0.15) is 0 Å². The highest BCUT2D eigenvalue weighted by Crippen LogP contribution is 2.31. The van der Waals surface area contributed by atoms with Gasteiger partial charge in [-0.25, -0.2) is 0 Å². The minimum absolute atomic E-state index is 0.131. The number of rotatable bonds is 14. The molecule has 0 fully saturated rings. The van der Waals surface area contributed by atoms with Crippen molar-refractivity contribution < 1.29 is 24.1 Å². The van der Waals surface area contributed by atoms with Gasteiger partial charge in [-0.3, -0.25) is 4.79 Å². The number of hydrogen-bond donors (Lipinski definition) is 1. The number of carboxylic acids is 1. The van der Waals surface area contributed by atoms with Gasteiger partial charge in [0.05, 0.1) is 6.61 Å². The van der Waals surface area contributed by atoms with Crippen molar-refractivity contribution in [1.29, 1.82) is 0 Å². The van der Waals surface area contributed by atoms with Crippen LogP contribution in [-0.4, -0.2) is 30.9 Å². The molecule has 0 unspecified atom stereocenters. The van der Waals surface area contributed by atoms with E-state index >= 15 is 0 Å². The average Bonchev–Trinajstić information content (AvgIpc) is 2.84. The first-order chi connectivity index (χ1) is 17.0. The molecule has 186 valence electrons. The van der Waals surface area contributed by atoms with Crippen LogP contribution in [0.4, 0.5) is 0 Å². The van der Waals surface area contributed by atoms with Crippen LogP contribution in [0.3, 0.4) is 0 Å². The molecule has 0 heterocycles. The number of hydrogen-bond acceptors (Lipinski definition) is 4. The minimum Gasteiger partial charge on any atom is -0.491 e. The Hall–Kier alpha value is -3.31. The largest absolute Gasteiger partial charge is 0.491 e. The number of aryl methyl sites for hydroxylation is 3. The van der Waals surface area contributed by atoms with Gasteiger partial charge < -0.3 is 19.3 Å². The van der Waals surface area contributed by atoms with E-state index in [0.29, 0.717) is 26.2 Å². The predicted octanol–water partition coefficient (Wildman–Crippen LogP) is 6.76. The minimum atomic E-state index is -0.787. The first-order valence-electron chi connectivity index (χ1n) is 12.3. The number of ether oxygens (including phenoxy) is 3. The zero-order valence-electron chi connectivity index (χ0n) is 21.0. The summed E-state index contributed by atoms with van der Waals surface area (Å²) in [5.74, 6) is 0.849. The molecule has 5 nitrogen and oxygen atoms in total. The van der Waals surface area contributed by atoms with Gasteiger partial charge in [-0.05, 0) is 90.4 Å². The van der Waals surface area contributed by atoms with Crippen molar-refractivity contribution in [2.24, 2.45) is 0 Å². The van der Waals surface area contributed by atoms with Crippen LogP contribution in [0, 0.1) is 13.8 Å². The molecule has 0 aliphatic carbocycles. The van der Waals surface area contributed by atoms with Crippen LogP contribution in [0.2, 0.25) is 0 Å². The first kappa shape index (κ1) is 26.3. The fourth-order valence-corrected chi connectivity index (χ4v) is 4.02. The summed E-state index contributed by atoms with van der Waals surface area (Å²) in [4.78, 5) is 10.7. The highest BCUT2D eigenvalue weighted by molar-refractivity contribution is 5.72. The second-order valence-corrected chi connectivity index (χ2v) is 8.77. The van der Waals surface area contributed by atoms with Crippen LogP contribution < -0.4 is 9.47 Å². The molecule has 3 rings (SSSR count). The number of carbonyl (C=O) groups is 1. The molecule has 0 aromatic heterocycles. The quantitative estimate of drug-likeness (QED) is 0.260. The lowest BCUT2D eigenvalue weighted by molar-refractivity contribution is -0.136. The van der Waals surface area contributed by atoms with Crippen LogP contribution >= 0.6 is 0 Å². The maximum atomic E-state index is 10.7. The lowest BCUT2D eigenvalue weighted by Gasteiger charge is -2.15. The Morgan fingerprint density at radius 3 is 2.26 bits per heavy atom. The summed E-state index contributed by atoms with van der Waals surface area (Å²) >= 11 is 0. The Bertz CT molecular complexity index is 1070. The molecule has 0 saturated carbocycles. The van der Waals surface area contributed by atoms with E-state index in [4.69, 9.17) is 19.3 Å². The van der Waals surface area contributed by atoms with Crippen molar-refractivity contribution in [3.63, 3.8) is 0 Å². The molecule has 3 aromatic carbocycles. The van der Waals surface area contributed by atoms with E-state index in [1.54, 1.807) is 0 Å². The highest BCUT2D eigenvalue weighted by atomic mass is 16.5. The molecule has 0 radical (unpaired) electrons. The van der Waals surface area contributed by atoms with E-state index in [1.807, 2.05) is 24.3 Å². The van der Waals surface area contributed by atoms with Gasteiger partial charge in [0.2, 0.25) is 0 Å². The maximum absolute atomic E-state index is 10.7. The van der Waals surface area contributed by atoms with Crippen LogP contribution in [-0.2, 0) is 22.6 Å². The molecule has 5 heteroatoms. The summed E-state index contributed by atoms with van der Waals surface area (Å²) in [5, 5.41) is 8.82. The Morgan fingerprint density at radius 2 is 1.57 bits per heavy atom. The van der Waals surface area contributed by atoms with Crippen molar-refractivity contribution in [1.82, 2.24) is 0 Å². The number of unbranched alkanes of at least 4 members (excludes halogenated alkanes) is 1. The second-order valence-electron chi connectivity index (χ2n) is 8.77. The van der Waals surface area contributed by atoms with E-state index in [1.165, 1.54) is 16.7 Å². The van der Waals surface area contributed by atoms with E-state index in [2.05, 4.69) is 57.2 Å². The maximum Gasteiger partial charge on any atom is 0.303 e. The standard InChI is InChI=1S/C30H36O5/c1-4-5-15-33-16-17-34-28-18-22(2)30(23(3)19-28)26-8-6-7-25(20-26)21-35-27-12-9-24(10-13-27)11-14-29(31)32/h6-10,12-13,18-20H,4-5,11,14-17,21H2,1-3H3,(H,31,32). The summed E-state index contributed by atoms with van der Waals surface area (Å²) < 4.78 is 17.5. The summed E-state index contributed by atoms with van der Waals surface area (Å²) in [6, 6.07) is 20.2. The van der Waals surface area contributed by atoms with Crippen LogP contribution in [0.25, 0.3) is 11.1 Å².